The van der Waals surface area contributed by atoms with Crippen LogP contribution in [0.2, 0.25) is 0 Å². The zero-order valence-corrected chi connectivity index (χ0v) is 29.8. The fourth-order valence-electron chi connectivity index (χ4n) is 5.17. The zero-order valence-electron chi connectivity index (χ0n) is 26.5. The van der Waals surface area contributed by atoms with Gasteiger partial charge in [-0.25, -0.2) is 9.78 Å². The number of amides is 1. The second-order valence-corrected chi connectivity index (χ2v) is 14.0. The molecule has 4 aromatic rings. The van der Waals surface area contributed by atoms with Crippen LogP contribution in [0.5, 0.6) is 0 Å². The molecule has 0 saturated heterocycles. The van der Waals surface area contributed by atoms with E-state index in [1.165, 1.54) is 26.9 Å². The van der Waals surface area contributed by atoms with Gasteiger partial charge in [0, 0.05) is 28.8 Å². The number of nitrogens with zero attached hydrogens (tertiary/aromatic N) is 2. The van der Waals surface area contributed by atoms with Crippen molar-refractivity contribution >= 4 is 59.2 Å². The Kier molecular flexibility index (Phi) is 15.2. The van der Waals surface area contributed by atoms with Gasteiger partial charge >= 0.3 is 39.3 Å². The van der Waals surface area contributed by atoms with Crippen LogP contribution >= 0.6 is 31.6 Å². The number of thiophene rings is 1. The van der Waals surface area contributed by atoms with Crippen molar-refractivity contribution in [2.24, 2.45) is 0 Å². The van der Waals surface area contributed by atoms with Crippen LogP contribution in [0.15, 0.2) is 66.7 Å². The van der Waals surface area contributed by atoms with Gasteiger partial charge in [-0.2, -0.15) is 4.58 Å². The number of hydrogen-bond acceptors (Lipinski definition) is 4. The van der Waals surface area contributed by atoms with Crippen molar-refractivity contribution in [1.82, 2.24) is 10.3 Å². The van der Waals surface area contributed by atoms with Crippen molar-refractivity contribution in [3.05, 3.63) is 83.6 Å². The first-order valence-electron chi connectivity index (χ1n) is 15.1. The number of para-hydroxylation sites is 1. The molecule has 5 nitrogen and oxygen atoms in total. The van der Waals surface area contributed by atoms with Gasteiger partial charge in [-0.15, -0.1) is 11.3 Å². The number of ether oxygens (including phenoxy) is 1. The Morgan fingerprint density at radius 3 is 2.27 bits per heavy atom. The van der Waals surface area contributed by atoms with Gasteiger partial charge in [0.2, 0.25) is 11.4 Å². The molecule has 0 spiro atoms. The summed E-state index contributed by atoms with van der Waals surface area (Å²) in [5.41, 5.74) is 6.94. The molecule has 0 bridgehead atoms. The fraction of sp³-hybridized carbons (Fsp3) is 0.400. The van der Waals surface area contributed by atoms with Crippen LogP contribution in [0.25, 0.3) is 20.7 Å². The predicted molar refractivity (Wildman–Crippen MR) is 185 cm³/mol. The van der Waals surface area contributed by atoms with Crippen LogP contribution in [-0.4, -0.2) is 41.6 Å². The number of halogens is 2. The molecule has 4 rings (SSSR count). The Morgan fingerprint density at radius 1 is 0.977 bits per heavy atom. The van der Waals surface area contributed by atoms with E-state index in [0.717, 1.165) is 41.2 Å². The second kappa shape index (κ2) is 18.5. The summed E-state index contributed by atoms with van der Waals surface area (Å²) in [7, 11) is 11.6. The van der Waals surface area contributed by atoms with Gasteiger partial charge in [0.05, 0.1) is 17.2 Å². The number of unbranched alkanes of at least 4 members (excludes halogenated alkanes) is 1. The molecule has 0 aliphatic carbocycles. The summed E-state index contributed by atoms with van der Waals surface area (Å²) in [6.07, 6.45) is 3.08. The van der Waals surface area contributed by atoms with E-state index in [1.807, 2.05) is 0 Å². The van der Waals surface area contributed by atoms with Crippen LogP contribution in [-0.2, 0) is 17.6 Å². The number of nitrogens with one attached hydrogen (secondary N) is 1. The van der Waals surface area contributed by atoms with Crippen LogP contribution in [0.4, 0.5) is 10.5 Å². The molecule has 0 fully saturated rings. The number of carbonyl (C=O) groups is 1. The van der Waals surface area contributed by atoms with Crippen molar-refractivity contribution in [2.45, 2.75) is 72.1 Å². The number of aromatic nitrogens is 1. The number of alkyl carbamates (subject to hydrolysis) is 1. The molecule has 1 amide bonds. The van der Waals surface area contributed by atoms with E-state index in [0.29, 0.717) is 44.3 Å². The topological polar surface area (TPSA) is 54.2 Å². The molecule has 0 atom stereocenters. The zero-order chi connectivity index (χ0) is 32.1. The minimum absolute atomic E-state index is 0.342. The quantitative estimate of drug-likeness (QED) is 0.0909. The van der Waals surface area contributed by atoms with Crippen molar-refractivity contribution < 1.29 is 27.0 Å². The second-order valence-electron chi connectivity index (χ2n) is 11.2. The Labute approximate surface area is 281 Å². The van der Waals surface area contributed by atoms with E-state index >= 15 is 0 Å². The molecule has 0 aliphatic rings. The maximum atomic E-state index is 12.1. The summed E-state index contributed by atoms with van der Waals surface area (Å²) in [6.45, 7) is 12.1. The molecular formula is C35H44Cl2CoN3O2S+. The normalized spacial score (nSPS) is 11.9. The average molecular weight is 701 g/mol. The summed E-state index contributed by atoms with van der Waals surface area (Å²) in [4.78, 5) is 18.5. The van der Waals surface area contributed by atoms with Gasteiger partial charge in [-0.05, 0) is 54.3 Å². The number of carbonyl (C=O) groups excluding carboxylic acids is 1. The van der Waals surface area contributed by atoms with Crippen molar-refractivity contribution in [3.8, 4) is 10.6 Å². The number of hydrogen-bond donors (Lipinski definition) is 1. The third kappa shape index (κ3) is 10.0. The maximum absolute atomic E-state index is 12.1. The Balaban J connectivity index is 0.00000169. The summed E-state index contributed by atoms with van der Waals surface area (Å²) >= 11 is 2.15. The molecular weight excluding hydrogens is 656 g/mol. The van der Waals surface area contributed by atoms with Crippen LogP contribution < -0.4 is 5.32 Å². The molecule has 2 aromatic heterocycles. The van der Waals surface area contributed by atoms with Gasteiger partial charge in [-0.3, -0.25) is 0 Å². The number of pyridine rings is 1. The Morgan fingerprint density at radius 2 is 1.64 bits per heavy atom. The molecule has 0 unspecified atom stereocenters. The number of rotatable bonds is 12. The minimum atomic E-state index is -0.342. The van der Waals surface area contributed by atoms with Crippen LogP contribution in [0.3, 0.4) is 0 Å². The van der Waals surface area contributed by atoms with Crippen molar-refractivity contribution in [1.29, 1.82) is 0 Å². The van der Waals surface area contributed by atoms with E-state index < -0.39 is 0 Å². The third-order valence-corrected chi connectivity index (χ3v) is 8.53. The van der Waals surface area contributed by atoms with E-state index in [1.54, 1.807) is 11.3 Å². The fourth-order valence-corrected chi connectivity index (χ4v) is 6.20. The number of fused-ring (bicyclic) bond motifs is 1. The van der Waals surface area contributed by atoms with Gasteiger partial charge in [0.15, 0.2) is 0 Å². The SMILES string of the molecule is CCCCNC(=O)OCCCC(c1cccc(-c2cc3ccccc3s2)n1)=[N+](C)c1c(C(C)C)cccc1C(C)C.[Cl][Co][Cl]. The summed E-state index contributed by atoms with van der Waals surface area (Å²) in [6, 6.07) is 23.7. The first-order chi connectivity index (χ1) is 21.2. The summed E-state index contributed by atoms with van der Waals surface area (Å²) < 4.78 is 9.11. The molecule has 0 saturated carbocycles. The van der Waals surface area contributed by atoms with Gasteiger partial charge in [0.25, 0.3) is 0 Å². The summed E-state index contributed by atoms with van der Waals surface area (Å²) in [5, 5.41) is 4.08. The molecule has 239 valence electrons. The van der Waals surface area contributed by atoms with Gasteiger partial charge < -0.3 is 10.1 Å². The molecule has 9 heteroatoms. The van der Waals surface area contributed by atoms with E-state index in [2.05, 4.69) is 118 Å². The van der Waals surface area contributed by atoms with Crippen molar-refractivity contribution in [3.63, 3.8) is 0 Å². The van der Waals surface area contributed by atoms with Crippen LogP contribution in [0, 0.1) is 0 Å². The monoisotopic (exact) mass is 699 g/mol. The molecule has 2 aromatic carbocycles. The molecule has 1 N–H and O–H groups in total. The first kappa shape index (κ1) is 36.0. The van der Waals surface area contributed by atoms with Crippen LogP contribution in [0.1, 0.15) is 89.0 Å². The van der Waals surface area contributed by atoms with E-state index in [-0.39, 0.29) is 6.09 Å². The van der Waals surface area contributed by atoms with E-state index in [9.17, 15) is 4.79 Å². The number of benzene rings is 2. The Hall–Kier alpha value is -2.42. The van der Waals surface area contributed by atoms with E-state index in [4.69, 9.17) is 30.0 Å². The first-order valence-corrected chi connectivity index (χ1v) is 18.8. The molecule has 0 aliphatic heterocycles. The average Bonchev–Trinajstić information content (AvgIpc) is 3.45. The standard InChI is InChI=1S/C35H43N3O2S.2ClH.Co/c1-7-8-21-36-35(39)40-22-13-19-31(38(6)34-27(24(2)3)15-11-16-28(34)25(4)5)29-17-12-18-30(37-29)33-23-26-14-9-10-20-32(26)41-33;;;/h9-12,14-18,20,23-25H,7-8,13,19,21-22H2,1-6H3;2*1H;/q;;;+2/p-1. The summed E-state index contributed by atoms with van der Waals surface area (Å²) in [5.74, 6) is 0.751. The van der Waals surface area contributed by atoms with Crippen molar-refractivity contribution in [2.75, 3.05) is 20.2 Å². The van der Waals surface area contributed by atoms with Gasteiger partial charge in [-0.1, -0.05) is 83.5 Å². The Bertz CT molecular complexity index is 1480. The molecule has 0 radical (unpaired) electrons. The molecule has 2 heterocycles. The van der Waals surface area contributed by atoms with Gasteiger partial charge in [0.1, 0.15) is 12.7 Å². The predicted octanol–water partition coefficient (Wildman–Crippen LogP) is 10.7. The third-order valence-electron chi connectivity index (χ3n) is 7.40. The molecule has 44 heavy (non-hydrogen) atoms.